The first kappa shape index (κ1) is 17.2. The number of nitro groups is 1. The number of thiophene rings is 1. The number of carbonyl (C=O) groups is 1. The van der Waals surface area contributed by atoms with Gasteiger partial charge in [-0.05, 0) is 18.2 Å². The van der Waals surface area contributed by atoms with Crippen molar-refractivity contribution >= 4 is 34.5 Å². The van der Waals surface area contributed by atoms with E-state index in [1.807, 2.05) is 0 Å². The number of nitrogens with zero attached hydrogens (tertiary/aromatic N) is 2. The molecule has 0 unspecified atom stereocenters. The molecular weight excluding hydrogens is 347 g/mol. The summed E-state index contributed by atoms with van der Waals surface area (Å²) in [6.07, 6.45) is 0. The summed E-state index contributed by atoms with van der Waals surface area (Å²) >= 11 is 7.17. The highest BCUT2D eigenvalue weighted by atomic mass is 35.5. The van der Waals surface area contributed by atoms with E-state index in [0.717, 1.165) is 23.1 Å². The smallest absolute Gasteiger partial charge is 0.311 e. The molecule has 1 aromatic carbocycles. The Labute approximate surface area is 140 Å². The molecule has 9 heteroatoms. The van der Waals surface area contributed by atoms with Crippen LogP contribution in [0.3, 0.4) is 0 Å². The van der Waals surface area contributed by atoms with Crippen LogP contribution < -0.4 is 4.74 Å². The van der Waals surface area contributed by atoms with Crippen LogP contribution in [0.25, 0.3) is 0 Å². The number of nitro benzene ring substituents is 1. The number of benzene rings is 1. The van der Waals surface area contributed by atoms with Gasteiger partial charge in [0.05, 0.1) is 15.8 Å². The van der Waals surface area contributed by atoms with Crippen LogP contribution >= 0.6 is 22.9 Å². The molecule has 23 heavy (non-hydrogen) atoms. The summed E-state index contributed by atoms with van der Waals surface area (Å²) < 4.78 is 18.9. The molecule has 6 nitrogen and oxygen atoms in total. The predicted molar refractivity (Wildman–Crippen MR) is 84.4 cm³/mol. The molecule has 0 aliphatic rings. The summed E-state index contributed by atoms with van der Waals surface area (Å²) in [5, 5.41) is 10.9. The quantitative estimate of drug-likeness (QED) is 0.585. The molecule has 1 aromatic heterocycles. The van der Waals surface area contributed by atoms with Gasteiger partial charge in [-0.2, -0.15) is 0 Å². The van der Waals surface area contributed by atoms with E-state index in [9.17, 15) is 19.3 Å². The second-order valence-corrected chi connectivity index (χ2v) is 6.41. The molecule has 1 heterocycles. The summed E-state index contributed by atoms with van der Waals surface area (Å²) in [4.78, 5) is 24.4. The van der Waals surface area contributed by atoms with Crippen molar-refractivity contribution in [1.82, 2.24) is 4.90 Å². The van der Waals surface area contributed by atoms with Gasteiger partial charge in [-0.15, -0.1) is 11.3 Å². The average molecular weight is 359 g/mol. The van der Waals surface area contributed by atoms with Gasteiger partial charge in [0.2, 0.25) is 5.75 Å². The van der Waals surface area contributed by atoms with Gasteiger partial charge in [0.15, 0.2) is 6.61 Å². The monoisotopic (exact) mass is 358 g/mol. The van der Waals surface area contributed by atoms with Crippen molar-refractivity contribution in [3.8, 4) is 5.75 Å². The van der Waals surface area contributed by atoms with Crippen LogP contribution in [0.4, 0.5) is 10.1 Å². The highest BCUT2D eigenvalue weighted by Gasteiger charge is 2.18. The van der Waals surface area contributed by atoms with Crippen LogP contribution in [0, 0.1) is 15.9 Å². The van der Waals surface area contributed by atoms with Crippen molar-refractivity contribution in [2.45, 2.75) is 6.54 Å². The van der Waals surface area contributed by atoms with E-state index in [1.165, 1.54) is 16.2 Å². The number of hydrogen-bond acceptors (Lipinski definition) is 5. The Kier molecular flexibility index (Phi) is 5.51. The van der Waals surface area contributed by atoms with E-state index in [1.54, 1.807) is 19.2 Å². The molecule has 2 rings (SSSR count). The SMILES string of the molecule is CN(Cc1ccc(Cl)s1)C(=O)COc1cc(F)ccc1[N+](=O)[O-]. The largest absolute Gasteiger partial charge is 0.477 e. The maximum atomic E-state index is 13.2. The standard InChI is InChI=1S/C14H12ClFN2O4S/c1-17(7-10-3-5-13(15)23-10)14(19)8-22-12-6-9(16)2-4-11(12)18(20)21/h2-6H,7-8H2,1H3. The van der Waals surface area contributed by atoms with E-state index in [2.05, 4.69) is 0 Å². The van der Waals surface area contributed by atoms with Gasteiger partial charge in [0, 0.05) is 24.1 Å². The Morgan fingerprint density at radius 3 is 2.78 bits per heavy atom. The first-order valence-corrected chi connectivity index (χ1v) is 7.61. The number of hydrogen-bond donors (Lipinski definition) is 0. The fourth-order valence-electron chi connectivity index (χ4n) is 1.76. The third-order valence-corrected chi connectivity index (χ3v) is 4.13. The van der Waals surface area contributed by atoms with Crippen LogP contribution in [-0.4, -0.2) is 29.4 Å². The van der Waals surface area contributed by atoms with E-state index in [4.69, 9.17) is 16.3 Å². The number of rotatable bonds is 6. The Hall–Kier alpha value is -2.19. The maximum Gasteiger partial charge on any atom is 0.311 e. The van der Waals surface area contributed by atoms with E-state index < -0.39 is 28.9 Å². The van der Waals surface area contributed by atoms with Crippen molar-refractivity contribution < 1.29 is 18.8 Å². The zero-order chi connectivity index (χ0) is 17.0. The first-order valence-electron chi connectivity index (χ1n) is 6.41. The second-order valence-electron chi connectivity index (χ2n) is 4.61. The highest BCUT2D eigenvalue weighted by Crippen LogP contribution is 2.27. The summed E-state index contributed by atoms with van der Waals surface area (Å²) in [5.74, 6) is -1.36. The van der Waals surface area contributed by atoms with Gasteiger partial charge in [-0.3, -0.25) is 14.9 Å². The van der Waals surface area contributed by atoms with Gasteiger partial charge < -0.3 is 9.64 Å². The normalized spacial score (nSPS) is 10.4. The number of carbonyl (C=O) groups excluding carboxylic acids is 1. The fraction of sp³-hybridized carbons (Fsp3) is 0.214. The molecule has 1 amide bonds. The number of amides is 1. The van der Waals surface area contributed by atoms with Crippen LogP contribution in [-0.2, 0) is 11.3 Å². The lowest BCUT2D eigenvalue weighted by molar-refractivity contribution is -0.385. The third-order valence-electron chi connectivity index (χ3n) is 2.92. The molecule has 0 saturated carbocycles. The molecule has 0 spiro atoms. The van der Waals surface area contributed by atoms with E-state index in [-0.39, 0.29) is 5.75 Å². The Bertz CT molecular complexity index is 737. The minimum Gasteiger partial charge on any atom is -0.477 e. The summed E-state index contributed by atoms with van der Waals surface area (Å²) in [5.41, 5.74) is -0.396. The number of likely N-dealkylation sites (N-methyl/N-ethyl adjacent to an activating group) is 1. The van der Waals surface area contributed by atoms with Gasteiger partial charge in [-0.25, -0.2) is 4.39 Å². The Morgan fingerprint density at radius 1 is 1.43 bits per heavy atom. The molecule has 0 aliphatic carbocycles. The second kappa shape index (κ2) is 7.38. The van der Waals surface area contributed by atoms with Crippen molar-refractivity contribution in [1.29, 1.82) is 0 Å². The first-order chi connectivity index (χ1) is 10.9. The van der Waals surface area contributed by atoms with Crippen LogP contribution in [0.15, 0.2) is 30.3 Å². The van der Waals surface area contributed by atoms with Gasteiger partial charge in [-0.1, -0.05) is 11.6 Å². The fourth-order valence-corrected chi connectivity index (χ4v) is 2.90. The van der Waals surface area contributed by atoms with Crippen LogP contribution in [0.2, 0.25) is 4.34 Å². The Balaban J connectivity index is 1.98. The summed E-state index contributed by atoms with van der Waals surface area (Å²) in [7, 11) is 1.57. The average Bonchev–Trinajstić information content (AvgIpc) is 2.89. The highest BCUT2D eigenvalue weighted by molar-refractivity contribution is 7.16. The number of halogens is 2. The molecule has 2 aromatic rings. The molecule has 0 atom stereocenters. The van der Waals surface area contributed by atoms with E-state index in [0.29, 0.717) is 10.9 Å². The molecule has 0 fully saturated rings. The van der Waals surface area contributed by atoms with Gasteiger partial charge in [0.1, 0.15) is 5.82 Å². The molecule has 0 aliphatic heterocycles. The minimum atomic E-state index is -0.698. The Morgan fingerprint density at radius 2 is 2.17 bits per heavy atom. The van der Waals surface area contributed by atoms with Gasteiger partial charge in [0.25, 0.3) is 5.91 Å². The molecule has 0 bridgehead atoms. The number of ether oxygens (including phenoxy) is 1. The lowest BCUT2D eigenvalue weighted by Crippen LogP contribution is -2.30. The van der Waals surface area contributed by atoms with Crippen LogP contribution in [0.1, 0.15) is 4.88 Å². The zero-order valence-electron chi connectivity index (χ0n) is 12.0. The molecule has 0 N–H and O–H groups in total. The van der Waals surface area contributed by atoms with Crippen molar-refractivity contribution in [2.75, 3.05) is 13.7 Å². The minimum absolute atomic E-state index is 0.282. The van der Waals surface area contributed by atoms with E-state index >= 15 is 0 Å². The third kappa shape index (κ3) is 4.64. The maximum absolute atomic E-state index is 13.2. The van der Waals surface area contributed by atoms with Crippen molar-refractivity contribution in [2.24, 2.45) is 0 Å². The molecule has 122 valence electrons. The summed E-state index contributed by atoms with van der Waals surface area (Å²) in [6, 6.07) is 6.36. The van der Waals surface area contributed by atoms with Crippen molar-refractivity contribution in [3.63, 3.8) is 0 Å². The lowest BCUT2D eigenvalue weighted by atomic mass is 10.3. The lowest BCUT2D eigenvalue weighted by Gasteiger charge is -2.16. The van der Waals surface area contributed by atoms with Crippen LogP contribution in [0.5, 0.6) is 5.75 Å². The predicted octanol–water partition coefficient (Wildman–Crippen LogP) is 3.49. The van der Waals surface area contributed by atoms with Gasteiger partial charge >= 0.3 is 5.69 Å². The topological polar surface area (TPSA) is 72.7 Å². The molecule has 0 saturated heterocycles. The molecule has 0 radical (unpaired) electrons. The van der Waals surface area contributed by atoms with Crippen molar-refractivity contribution in [3.05, 3.63) is 55.5 Å². The zero-order valence-corrected chi connectivity index (χ0v) is 13.6. The molecular formula is C14H12ClFN2O4S. The summed E-state index contributed by atoms with van der Waals surface area (Å²) in [6.45, 7) is -0.0925.